The van der Waals surface area contributed by atoms with Crippen LogP contribution in [0, 0.1) is 6.92 Å². The summed E-state index contributed by atoms with van der Waals surface area (Å²) < 4.78 is 5.49. The number of rotatable bonds is 6. The van der Waals surface area contributed by atoms with Crippen LogP contribution in [0.25, 0.3) is 0 Å². The van der Waals surface area contributed by atoms with Crippen molar-refractivity contribution >= 4 is 11.6 Å². The summed E-state index contributed by atoms with van der Waals surface area (Å²) in [5.74, 6) is 0.834. The van der Waals surface area contributed by atoms with Crippen LogP contribution in [0.3, 0.4) is 0 Å². The van der Waals surface area contributed by atoms with Gasteiger partial charge >= 0.3 is 0 Å². The zero-order valence-electron chi connectivity index (χ0n) is 12.8. The Morgan fingerprint density at radius 1 is 1.14 bits per heavy atom. The second-order valence-corrected chi connectivity index (χ2v) is 5.62. The van der Waals surface area contributed by atoms with Crippen LogP contribution in [0.5, 0.6) is 5.75 Å². The van der Waals surface area contributed by atoms with Crippen molar-refractivity contribution in [3.63, 3.8) is 0 Å². The number of halogens is 1. The zero-order chi connectivity index (χ0) is 15.2. The Morgan fingerprint density at radius 3 is 2.48 bits per heavy atom. The fraction of sp³-hybridized carbons (Fsp3) is 0.333. The molecule has 1 atom stereocenters. The second kappa shape index (κ2) is 7.48. The third kappa shape index (κ3) is 4.23. The summed E-state index contributed by atoms with van der Waals surface area (Å²) in [7, 11) is 1.68. The van der Waals surface area contributed by atoms with Crippen molar-refractivity contribution in [3.05, 3.63) is 64.2 Å². The normalized spacial score (nSPS) is 12.2. The first kappa shape index (κ1) is 15.9. The Kier molecular flexibility index (Phi) is 5.66. The maximum Gasteiger partial charge on any atom is 0.125 e. The van der Waals surface area contributed by atoms with Gasteiger partial charge in [-0.25, -0.2) is 0 Å². The van der Waals surface area contributed by atoms with Crippen molar-refractivity contribution in [1.82, 2.24) is 5.32 Å². The Bertz CT molecular complexity index is 580. The van der Waals surface area contributed by atoms with Gasteiger partial charge in [-0.3, -0.25) is 0 Å². The maximum absolute atomic E-state index is 6.05. The lowest BCUT2D eigenvalue weighted by Gasteiger charge is -2.21. The Hall–Kier alpha value is -1.51. The summed E-state index contributed by atoms with van der Waals surface area (Å²) >= 11 is 6.05. The van der Waals surface area contributed by atoms with Crippen molar-refractivity contribution in [2.45, 2.75) is 26.3 Å². The highest BCUT2D eigenvalue weighted by atomic mass is 35.5. The van der Waals surface area contributed by atoms with E-state index in [1.54, 1.807) is 7.11 Å². The van der Waals surface area contributed by atoms with Gasteiger partial charge in [-0.2, -0.15) is 0 Å². The molecule has 0 aliphatic carbocycles. The van der Waals surface area contributed by atoms with Gasteiger partial charge in [0.15, 0.2) is 0 Å². The van der Waals surface area contributed by atoms with Crippen LogP contribution in [0.2, 0.25) is 5.02 Å². The molecule has 0 heterocycles. The molecular weight excluding hydrogens is 282 g/mol. The molecule has 0 aromatic heterocycles. The van der Waals surface area contributed by atoms with Gasteiger partial charge in [0.1, 0.15) is 5.75 Å². The van der Waals surface area contributed by atoms with Gasteiger partial charge in [0.05, 0.1) is 7.11 Å². The Morgan fingerprint density at radius 2 is 1.86 bits per heavy atom. The lowest BCUT2D eigenvalue weighted by atomic mass is 9.97. The minimum absolute atomic E-state index is 0.213. The van der Waals surface area contributed by atoms with E-state index in [0.29, 0.717) is 5.02 Å². The molecule has 0 fully saturated rings. The zero-order valence-corrected chi connectivity index (χ0v) is 13.6. The molecule has 21 heavy (non-hydrogen) atoms. The smallest absolute Gasteiger partial charge is 0.125 e. The summed E-state index contributed by atoms with van der Waals surface area (Å²) in [5, 5.41) is 4.23. The summed E-state index contributed by atoms with van der Waals surface area (Å²) in [6.07, 6.45) is 0.923. The number of benzene rings is 2. The number of ether oxygens (including phenoxy) is 1. The molecule has 0 radical (unpaired) electrons. The van der Waals surface area contributed by atoms with Crippen molar-refractivity contribution in [2.75, 3.05) is 13.7 Å². The van der Waals surface area contributed by atoms with Gasteiger partial charge in [-0.1, -0.05) is 54.4 Å². The van der Waals surface area contributed by atoms with Crippen LogP contribution >= 0.6 is 11.6 Å². The van der Waals surface area contributed by atoms with Gasteiger partial charge in [-0.15, -0.1) is 0 Å². The highest BCUT2D eigenvalue weighted by Crippen LogP contribution is 2.30. The van der Waals surface area contributed by atoms with Crippen molar-refractivity contribution in [1.29, 1.82) is 0 Å². The molecule has 2 nitrogen and oxygen atoms in total. The third-order valence-corrected chi connectivity index (χ3v) is 3.82. The van der Waals surface area contributed by atoms with Crippen LogP contribution in [-0.2, 0) is 6.42 Å². The van der Waals surface area contributed by atoms with Crippen molar-refractivity contribution in [2.24, 2.45) is 0 Å². The number of hydrogen-bond donors (Lipinski definition) is 1. The highest BCUT2D eigenvalue weighted by Gasteiger charge is 2.16. The first-order chi connectivity index (χ1) is 10.1. The lowest BCUT2D eigenvalue weighted by Crippen LogP contribution is -2.23. The predicted molar refractivity (Wildman–Crippen MR) is 89.3 cm³/mol. The number of hydrogen-bond acceptors (Lipinski definition) is 2. The fourth-order valence-corrected chi connectivity index (χ4v) is 2.63. The van der Waals surface area contributed by atoms with Crippen LogP contribution in [0.15, 0.2) is 42.5 Å². The standard InChI is InChI=1S/C18H22ClNO/c1-4-20-17(11-14-7-5-13(2)6-8-14)16-10-9-15(19)12-18(16)21-3/h5-10,12,17,20H,4,11H2,1-3H3. The first-order valence-corrected chi connectivity index (χ1v) is 7.64. The molecule has 1 N–H and O–H groups in total. The largest absolute Gasteiger partial charge is 0.496 e. The van der Waals surface area contributed by atoms with Gasteiger partial charge in [0.2, 0.25) is 0 Å². The Balaban J connectivity index is 2.28. The van der Waals surface area contributed by atoms with Gasteiger partial charge in [0, 0.05) is 16.6 Å². The Labute approximate surface area is 132 Å². The first-order valence-electron chi connectivity index (χ1n) is 7.26. The molecule has 2 rings (SSSR count). The number of likely N-dealkylation sites (N-methyl/N-ethyl adjacent to an activating group) is 1. The highest BCUT2D eigenvalue weighted by molar-refractivity contribution is 6.30. The third-order valence-electron chi connectivity index (χ3n) is 3.58. The van der Waals surface area contributed by atoms with E-state index in [1.165, 1.54) is 11.1 Å². The number of methoxy groups -OCH3 is 1. The molecule has 0 saturated heterocycles. The molecule has 112 valence electrons. The van der Waals surface area contributed by atoms with E-state index in [-0.39, 0.29) is 6.04 Å². The SMILES string of the molecule is CCNC(Cc1ccc(C)cc1)c1ccc(Cl)cc1OC. The van der Waals surface area contributed by atoms with E-state index in [1.807, 2.05) is 18.2 Å². The van der Waals surface area contributed by atoms with Crippen molar-refractivity contribution in [3.8, 4) is 5.75 Å². The number of nitrogens with one attached hydrogen (secondary N) is 1. The second-order valence-electron chi connectivity index (χ2n) is 5.19. The van der Waals surface area contributed by atoms with Gasteiger partial charge in [0.25, 0.3) is 0 Å². The predicted octanol–water partition coefficient (Wildman–Crippen LogP) is 4.55. The average molecular weight is 304 g/mol. The summed E-state index contributed by atoms with van der Waals surface area (Å²) in [6.45, 7) is 5.13. The fourth-order valence-electron chi connectivity index (χ4n) is 2.47. The quantitative estimate of drug-likeness (QED) is 0.845. The number of aryl methyl sites for hydroxylation is 1. The van der Waals surface area contributed by atoms with Crippen LogP contribution in [0.4, 0.5) is 0 Å². The maximum atomic E-state index is 6.05. The lowest BCUT2D eigenvalue weighted by molar-refractivity contribution is 0.399. The molecule has 0 spiro atoms. The van der Waals surface area contributed by atoms with E-state index in [9.17, 15) is 0 Å². The molecule has 3 heteroatoms. The molecule has 2 aromatic carbocycles. The molecule has 0 saturated carbocycles. The van der Waals surface area contributed by atoms with E-state index < -0.39 is 0 Å². The summed E-state index contributed by atoms with van der Waals surface area (Å²) in [5.41, 5.74) is 3.73. The topological polar surface area (TPSA) is 21.3 Å². The van der Waals surface area contributed by atoms with Crippen LogP contribution in [0.1, 0.15) is 29.7 Å². The van der Waals surface area contributed by atoms with E-state index in [4.69, 9.17) is 16.3 Å². The average Bonchev–Trinajstić information content (AvgIpc) is 2.49. The summed E-state index contributed by atoms with van der Waals surface area (Å²) in [4.78, 5) is 0. The van der Waals surface area contributed by atoms with Crippen LogP contribution < -0.4 is 10.1 Å². The van der Waals surface area contributed by atoms with E-state index in [0.717, 1.165) is 24.3 Å². The molecule has 2 aromatic rings. The summed E-state index contributed by atoms with van der Waals surface area (Å²) in [6, 6.07) is 14.7. The molecule has 0 amide bonds. The minimum Gasteiger partial charge on any atom is -0.496 e. The van der Waals surface area contributed by atoms with Crippen LogP contribution in [-0.4, -0.2) is 13.7 Å². The molecule has 1 unspecified atom stereocenters. The molecule has 0 bridgehead atoms. The van der Waals surface area contributed by atoms with E-state index >= 15 is 0 Å². The molecule has 0 aliphatic heterocycles. The monoisotopic (exact) mass is 303 g/mol. The molecular formula is C18H22ClNO. The van der Waals surface area contributed by atoms with Crippen molar-refractivity contribution < 1.29 is 4.74 Å². The van der Waals surface area contributed by atoms with Gasteiger partial charge < -0.3 is 10.1 Å². The molecule has 0 aliphatic rings. The van der Waals surface area contributed by atoms with Gasteiger partial charge in [-0.05, 0) is 37.6 Å². The van der Waals surface area contributed by atoms with E-state index in [2.05, 4.69) is 43.4 Å². The minimum atomic E-state index is 0.213.